The van der Waals surface area contributed by atoms with Gasteiger partial charge in [-0.3, -0.25) is 14.6 Å². The van der Waals surface area contributed by atoms with Crippen LogP contribution < -0.4 is 5.43 Å². The van der Waals surface area contributed by atoms with Crippen molar-refractivity contribution in [1.29, 1.82) is 0 Å². The van der Waals surface area contributed by atoms with Crippen molar-refractivity contribution in [3.05, 3.63) is 70.7 Å². The van der Waals surface area contributed by atoms with Crippen LogP contribution in [0.25, 0.3) is 0 Å². The molecule has 0 saturated carbocycles. The maximum Gasteiger partial charge on any atom is 0.254 e. The molecule has 0 bridgehead atoms. The molecule has 3 rings (SSSR count). The number of amides is 1. The number of nitrogens with zero attached hydrogens (tertiary/aromatic N) is 3. The van der Waals surface area contributed by atoms with E-state index in [1.54, 1.807) is 6.21 Å². The van der Waals surface area contributed by atoms with Crippen LogP contribution in [-0.2, 0) is 11.3 Å². The second-order valence-corrected chi connectivity index (χ2v) is 6.82. The first-order chi connectivity index (χ1) is 12.7. The summed E-state index contributed by atoms with van der Waals surface area (Å²) in [4.78, 5) is 16.6. The van der Waals surface area contributed by atoms with Gasteiger partial charge in [0, 0.05) is 37.7 Å². The third-order valence-electron chi connectivity index (χ3n) is 4.35. The van der Waals surface area contributed by atoms with Gasteiger partial charge in [-0.05, 0) is 23.3 Å². The smallest absolute Gasteiger partial charge is 0.254 e. The molecule has 1 amide bonds. The Morgan fingerprint density at radius 1 is 1.00 bits per heavy atom. The largest absolute Gasteiger partial charge is 0.297 e. The molecule has 1 N–H and O–H groups in total. The number of hydrogen-bond donors (Lipinski definition) is 1. The Kier molecular flexibility index (Phi) is 6.77. The summed E-state index contributed by atoms with van der Waals surface area (Å²) in [5.74, 6) is -0.0802. The molecule has 0 unspecified atom stereocenters. The maximum atomic E-state index is 12.0. The van der Waals surface area contributed by atoms with E-state index in [-0.39, 0.29) is 5.91 Å². The average Bonchev–Trinajstić information content (AvgIpc) is 2.66. The fraction of sp³-hybridized carbons (Fsp3) is 0.300. The zero-order valence-corrected chi connectivity index (χ0v) is 15.4. The van der Waals surface area contributed by atoms with E-state index in [1.165, 1.54) is 5.56 Å². The molecule has 0 aromatic heterocycles. The predicted molar refractivity (Wildman–Crippen MR) is 105 cm³/mol. The predicted octanol–water partition coefficient (Wildman–Crippen LogP) is 2.61. The molecule has 0 spiro atoms. The number of halogens is 1. The zero-order chi connectivity index (χ0) is 18.2. The molecule has 1 aliphatic rings. The lowest BCUT2D eigenvalue weighted by molar-refractivity contribution is -0.122. The third kappa shape index (κ3) is 5.95. The molecule has 5 nitrogen and oxygen atoms in total. The normalized spacial score (nSPS) is 16.0. The van der Waals surface area contributed by atoms with Gasteiger partial charge in [0.15, 0.2) is 0 Å². The van der Waals surface area contributed by atoms with Crippen molar-refractivity contribution in [3.8, 4) is 0 Å². The van der Waals surface area contributed by atoms with Gasteiger partial charge in [-0.2, -0.15) is 5.10 Å². The number of nitrogens with one attached hydrogen (secondary N) is 1. The molecule has 1 aliphatic heterocycles. The number of carbonyl (C=O) groups excluding carboxylic acids is 1. The van der Waals surface area contributed by atoms with Crippen LogP contribution >= 0.6 is 11.6 Å². The Morgan fingerprint density at radius 2 is 1.65 bits per heavy atom. The number of rotatable bonds is 6. The highest BCUT2D eigenvalue weighted by atomic mass is 35.5. The van der Waals surface area contributed by atoms with Crippen molar-refractivity contribution >= 4 is 23.7 Å². The molecule has 0 aliphatic carbocycles. The van der Waals surface area contributed by atoms with Gasteiger partial charge in [0.2, 0.25) is 0 Å². The molecule has 1 fully saturated rings. The van der Waals surface area contributed by atoms with Crippen molar-refractivity contribution in [3.63, 3.8) is 0 Å². The Balaban J connectivity index is 1.37. The SMILES string of the molecule is O=C(CN1CCN(Cc2ccc(Cl)cc2)CC1)NN=Cc1ccccc1. The van der Waals surface area contributed by atoms with Gasteiger partial charge in [-0.1, -0.05) is 54.1 Å². The van der Waals surface area contributed by atoms with E-state index in [0.29, 0.717) is 6.54 Å². The molecule has 26 heavy (non-hydrogen) atoms. The standard InChI is InChI=1S/C20H23ClN4O/c21-19-8-6-18(7-9-19)15-24-10-12-25(13-11-24)16-20(26)23-22-14-17-4-2-1-3-5-17/h1-9,14H,10-13,15-16H2,(H,23,26). The van der Waals surface area contributed by atoms with Crippen molar-refractivity contribution in [2.75, 3.05) is 32.7 Å². The van der Waals surface area contributed by atoms with Crippen LogP contribution in [0.15, 0.2) is 59.7 Å². The highest BCUT2D eigenvalue weighted by Crippen LogP contribution is 2.12. The molecular formula is C20H23ClN4O. The van der Waals surface area contributed by atoms with E-state index < -0.39 is 0 Å². The topological polar surface area (TPSA) is 47.9 Å². The third-order valence-corrected chi connectivity index (χ3v) is 4.61. The summed E-state index contributed by atoms with van der Waals surface area (Å²) >= 11 is 5.92. The highest BCUT2D eigenvalue weighted by Gasteiger charge is 2.18. The highest BCUT2D eigenvalue weighted by molar-refractivity contribution is 6.30. The quantitative estimate of drug-likeness (QED) is 0.628. The van der Waals surface area contributed by atoms with E-state index in [9.17, 15) is 4.79 Å². The second-order valence-electron chi connectivity index (χ2n) is 6.38. The molecule has 6 heteroatoms. The summed E-state index contributed by atoms with van der Waals surface area (Å²) < 4.78 is 0. The number of benzene rings is 2. The maximum absolute atomic E-state index is 12.0. The minimum Gasteiger partial charge on any atom is -0.297 e. The van der Waals surface area contributed by atoms with Crippen molar-refractivity contribution in [2.24, 2.45) is 5.10 Å². The Labute approximate surface area is 159 Å². The molecule has 0 atom stereocenters. The molecule has 1 saturated heterocycles. The van der Waals surface area contributed by atoms with Gasteiger partial charge >= 0.3 is 0 Å². The summed E-state index contributed by atoms with van der Waals surface area (Å²) in [6.45, 7) is 4.94. The fourth-order valence-electron chi connectivity index (χ4n) is 2.91. The van der Waals surface area contributed by atoms with E-state index in [4.69, 9.17) is 11.6 Å². The van der Waals surface area contributed by atoms with E-state index in [2.05, 4.69) is 32.5 Å². The Hall–Kier alpha value is -2.21. The van der Waals surface area contributed by atoms with Crippen LogP contribution in [0, 0.1) is 0 Å². The summed E-state index contributed by atoms with van der Waals surface area (Å²) in [5.41, 5.74) is 4.82. The molecule has 0 radical (unpaired) electrons. The van der Waals surface area contributed by atoms with Crippen molar-refractivity contribution in [1.82, 2.24) is 15.2 Å². The Morgan fingerprint density at radius 3 is 2.35 bits per heavy atom. The van der Waals surface area contributed by atoms with Crippen LogP contribution in [0.3, 0.4) is 0 Å². The molecule has 2 aromatic carbocycles. The van der Waals surface area contributed by atoms with Gasteiger partial charge < -0.3 is 0 Å². The first kappa shape index (κ1) is 18.6. The van der Waals surface area contributed by atoms with Gasteiger partial charge in [0.25, 0.3) is 5.91 Å². The lowest BCUT2D eigenvalue weighted by Gasteiger charge is -2.34. The number of hydrogen-bond acceptors (Lipinski definition) is 4. The minimum absolute atomic E-state index is 0.0802. The van der Waals surface area contributed by atoms with Gasteiger partial charge in [0.05, 0.1) is 12.8 Å². The number of hydrazone groups is 1. The van der Waals surface area contributed by atoms with Crippen LogP contribution in [0.1, 0.15) is 11.1 Å². The summed E-state index contributed by atoms with van der Waals surface area (Å²) in [7, 11) is 0. The lowest BCUT2D eigenvalue weighted by atomic mass is 10.2. The number of carbonyl (C=O) groups is 1. The number of piperazine rings is 1. The first-order valence-corrected chi connectivity index (χ1v) is 9.13. The van der Waals surface area contributed by atoms with Crippen LogP contribution in [-0.4, -0.2) is 54.6 Å². The fourth-order valence-corrected chi connectivity index (χ4v) is 3.04. The summed E-state index contributed by atoms with van der Waals surface area (Å²) in [6, 6.07) is 17.7. The van der Waals surface area contributed by atoms with Crippen LogP contribution in [0.2, 0.25) is 5.02 Å². The first-order valence-electron chi connectivity index (χ1n) is 8.75. The van der Waals surface area contributed by atoms with E-state index in [1.807, 2.05) is 42.5 Å². The lowest BCUT2D eigenvalue weighted by Crippen LogP contribution is -2.48. The van der Waals surface area contributed by atoms with E-state index in [0.717, 1.165) is 43.3 Å². The molecule has 2 aromatic rings. The van der Waals surface area contributed by atoms with Crippen LogP contribution in [0.5, 0.6) is 0 Å². The molecular weight excluding hydrogens is 348 g/mol. The summed E-state index contributed by atoms with van der Waals surface area (Å²) in [6.07, 6.45) is 1.65. The van der Waals surface area contributed by atoms with Crippen LogP contribution in [0.4, 0.5) is 0 Å². The second kappa shape index (κ2) is 9.48. The Bertz CT molecular complexity index is 725. The average molecular weight is 371 g/mol. The van der Waals surface area contributed by atoms with Gasteiger partial charge in [0.1, 0.15) is 0 Å². The zero-order valence-electron chi connectivity index (χ0n) is 14.6. The van der Waals surface area contributed by atoms with Gasteiger partial charge in [-0.15, -0.1) is 0 Å². The van der Waals surface area contributed by atoms with Crippen molar-refractivity contribution in [2.45, 2.75) is 6.54 Å². The molecule has 136 valence electrons. The minimum atomic E-state index is -0.0802. The van der Waals surface area contributed by atoms with Crippen molar-refractivity contribution < 1.29 is 4.79 Å². The van der Waals surface area contributed by atoms with E-state index >= 15 is 0 Å². The molecule has 1 heterocycles. The summed E-state index contributed by atoms with van der Waals surface area (Å²) in [5, 5.41) is 4.78. The van der Waals surface area contributed by atoms with Gasteiger partial charge in [-0.25, -0.2) is 5.43 Å². The monoisotopic (exact) mass is 370 g/mol.